The van der Waals surface area contributed by atoms with Crippen molar-refractivity contribution in [3.8, 4) is 0 Å². The van der Waals surface area contributed by atoms with E-state index >= 15 is 0 Å². The fourth-order valence-electron chi connectivity index (χ4n) is 3.20. The van der Waals surface area contributed by atoms with Crippen LogP contribution in [0.1, 0.15) is 37.0 Å². The lowest BCUT2D eigenvalue weighted by molar-refractivity contribution is 0.0959. The number of nitrogens with one attached hydrogen (secondary N) is 1. The molecule has 2 unspecified atom stereocenters. The van der Waals surface area contributed by atoms with Gasteiger partial charge in [0.2, 0.25) is 0 Å². The first-order valence-electron chi connectivity index (χ1n) is 7.69. The molecule has 0 spiro atoms. The van der Waals surface area contributed by atoms with Gasteiger partial charge in [0.25, 0.3) is 0 Å². The molecule has 0 radical (unpaired) electrons. The maximum Gasteiger partial charge on any atom is 0.121 e. The Labute approximate surface area is 127 Å². The van der Waals surface area contributed by atoms with Crippen LogP contribution < -0.4 is 5.32 Å². The first kappa shape index (κ1) is 14.4. The zero-order valence-corrected chi connectivity index (χ0v) is 13.1. The number of piperazine rings is 1. The molecule has 1 aromatic carbocycles. The molecule has 1 aliphatic rings. The van der Waals surface area contributed by atoms with Gasteiger partial charge in [-0.1, -0.05) is 30.3 Å². The van der Waals surface area contributed by atoms with Crippen LogP contribution in [0.25, 0.3) is 0 Å². The molecular weight excluding hydrogens is 260 g/mol. The van der Waals surface area contributed by atoms with E-state index in [1.54, 1.807) is 0 Å². The largest absolute Gasteiger partial charge is 0.465 e. The molecule has 3 rings (SSSR count). The highest BCUT2D eigenvalue weighted by atomic mass is 16.3. The Morgan fingerprint density at radius 1 is 1.19 bits per heavy atom. The fraction of sp³-hybridized carbons (Fsp3) is 0.444. The smallest absolute Gasteiger partial charge is 0.121 e. The number of aryl methyl sites for hydroxylation is 1. The van der Waals surface area contributed by atoms with Crippen LogP contribution >= 0.6 is 0 Å². The normalized spacial score (nSPS) is 24.9. The van der Waals surface area contributed by atoms with E-state index in [0.29, 0.717) is 6.04 Å². The van der Waals surface area contributed by atoms with E-state index < -0.39 is 0 Å². The Bertz CT molecular complexity index is 592. The highest BCUT2D eigenvalue weighted by Crippen LogP contribution is 2.30. The van der Waals surface area contributed by atoms with Crippen molar-refractivity contribution in [1.82, 2.24) is 10.2 Å². The van der Waals surface area contributed by atoms with Crippen LogP contribution in [0.15, 0.2) is 46.9 Å². The SMILES string of the molecule is Cc1ccc(C(C)N2CCNC(C)(c3ccccc3)C2)o1. The summed E-state index contributed by atoms with van der Waals surface area (Å²) in [5, 5.41) is 3.68. The summed E-state index contributed by atoms with van der Waals surface area (Å²) < 4.78 is 5.81. The highest BCUT2D eigenvalue weighted by Gasteiger charge is 2.34. The monoisotopic (exact) mass is 284 g/mol. The molecule has 2 heterocycles. The van der Waals surface area contributed by atoms with Crippen LogP contribution in [0.3, 0.4) is 0 Å². The van der Waals surface area contributed by atoms with Crippen molar-refractivity contribution in [2.45, 2.75) is 32.4 Å². The lowest BCUT2D eigenvalue weighted by Crippen LogP contribution is -2.56. The van der Waals surface area contributed by atoms with Crippen molar-refractivity contribution < 1.29 is 4.42 Å². The van der Waals surface area contributed by atoms with E-state index in [0.717, 1.165) is 31.2 Å². The highest BCUT2D eigenvalue weighted by molar-refractivity contribution is 5.25. The lowest BCUT2D eigenvalue weighted by atomic mass is 9.89. The van der Waals surface area contributed by atoms with Gasteiger partial charge < -0.3 is 9.73 Å². The molecule has 1 aromatic heterocycles. The second-order valence-electron chi connectivity index (χ2n) is 6.22. The third kappa shape index (κ3) is 2.89. The molecule has 2 atom stereocenters. The lowest BCUT2D eigenvalue weighted by Gasteiger charge is -2.44. The summed E-state index contributed by atoms with van der Waals surface area (Å²) in [6.07, 6.45) is 0. The van der Waals surface area contributed by atoms with Gasteiger partial charge in [0.1, 0.15) is 11.5 Å². The minimum atomic E-state index is -0.00456. The summed E-state index contributed by atoms with van der Waals surface area (Å²) in [6, 6.07) is 15.2. The average Bonchev–Trinajstić information content (AvgIpc) is 2.94. The molecule has 1 fully saturated rings. The van der Waals surface area contributed by atoms with E-state index in [1.165, 1.54) is 5.56 Å². The molecule has 0 saturated carbocycles. The van der Waals surface area contributed by atoms with Gasteiger partial charge in [-0.2, -0.15) is 0 Å². The van der Waals surface area contributed by atoms with Crippen LogP contribution in [0.2, 0.25) is 0 Å². The summed E-state index contributed by atoms with van der Waals surface area (Å²) in [6.45, 7) is 9.54. The van der Waals surface area contributed by atoms with E-state index in [4.69, 9.17) is 4.42 Å². The van der Waals surface area contributed by atoms with Gasteiger partial charge in [-0.25, -0.2) is 0 Å². The third-order valence-electron chi connectivity index (χ3n) is 4.57. The minimum Gasteiger partial charge on any atom is -0.465 e. The van der Waals surface area contributed by atoms with Crippen molar-refractivity contribution in [2.24, 2.45) is 0 Å². The quantitative estimate of drug-likeness (QED) is 0.935. The van der Waals surface area contributed by atoms with Crippen LogP contribution in [0.4, 0.5) is 0 Å². The van der Waals surface area contributed by atoms with Crippen LogP contribution in [0.5, 0.6) is 0 Å². The zero-order valence-electron chi connectivity index (χ0n) is 13.1. The number of furan rings is 1. The second-order valence-corrected chi connectivity index (χ2v) is 6.22. The molecular formula is C18H24N2O. The maximum atomic E-state index is 5.81. The van der Waals surface area contributed by atoms with Crippen molar-refractivity contribution in [3.63, 3.8) is 0 Å². The number of hydrogen-bond acceptors (Lipinski definition) is 3. The average molecular weight is 284 g/mol. The Hall–Kier alpha value is -1.58. The van der Waals surface area contributed by atoms with Crippen molar-refractivity contribution in [3.05, 3.63) is 59.5 Å². The minimum absolute atomic E-state index is 0.00456. The van der Waals surface area contributed by atoms with E-state index in [-0.39, 0.29) is 5.54 Å². The van der Waals surface area contributed by atoms with Gasteiger partial charge in [0.05, 0.1) is 11.6 Å². The molecule has 1 N–H and O–H groups in total. The second kappa shape index (κ2) is 5.66. The molecule has 1 aliphatic heterocycles. The Kier molecular flexibility index (Phi) is 3.87. The van der Waals surface area contributed by atoms with Crippen molar-refractivity contribution in [2.75, 3.05) is 19.6 Å². The number of benzene rings is 1. The fourth-order valence-corrected chi connectivity index (χ4v) is 3.20. The van der Waals surface area contributed by atoms with Gasteiger partial charge in [-0.3, -0.25) is 4.90 Å². The molecule has 1 saturated heterocycles. The topological polar surface area (TPSA) is 28.4 Å². The molecule has 0 bridgehead atoms. The standard InChI is InChI=1S/C18H24N2O/c1-14-9-10-17(21-14)15(2)20-12-11-19-18(3,13-20)16-7-5-4-6-8-16/h4-10,15,19H,11-13H2,1-3H3. The number of nitrogens with zero attached hydrogens (tertiary/aromatic N) is 1. The predicted octanol–water partition coefficient (Wildman–Crippen LogP) is 3.47. The Balaban J connectivity index is 1.79. The van der Waals surface area contributed by atoms with Gasteiger partial charge in [-0.05, 0) is 38.5 Å². The molecule has 3 nitrogen and oxygen atoms in total. The molecule has 0 aliphatic carbocycles. The third-order valence-corrected chi connectivity index (χ3v) is 4.57. The van der Waals surface area contributed by atoms with Crippen LogP contribution in [-0.4, -0.2) is 24.5 Å². The van der Waals surface area contributed by atoms with Gasteiger partial charge in [0, 0.05) is 19.6 Å². The van der Waals surface area contributed by atoms with Crippen molar-refractivity contribution in [1.29, 1.82) is 0 Å². The van der Waals surface area contributed by atoms with Crippen LogP contribution in [0, 0.1) is 6.92 Å². The predicted molar refractivity (Wildman–Crippen MR) is 85.2 cm³/mol. The van der Waals surface area contributed by atoms with E-state index in [2.05, 4.69) is 60.5 Å². The van der Waals surface area contributed by atoms with Crippen LogP contribution in [-0.2, 0) is 5.54 Å². The molecule has 112 valence electrons. The molecule has 2 aromatic rings. The first-order valence-corrected chi connectivity index (χ1v) is 7.69. The molecule has 3 heteroatoms. The maximum absolute atomic E-state index is 5.81. The summed E-state index contributed by atoms with van der Waals surface area (Å²) in [7, 11) is 0. The molecule has 0 amide bonds. The summed E-state index contributed by atoms with van der Waals surface area (Å²) in [5.41, 5.74) is 1.34. The Morgan fingerprint density at radius 2 is 1.95 bits per heavy atom. The van der Waals surface area contributed by atoms with E-state index in [1.807, 2.05) is 13.0 Å². The van der Waals surface area contributed by atoms with Gasteiger partial charge in [0.15, 0.2) is 0 Å². The van der Waals surface area contributed by atoms with Crippen molar-refractivity contribution >= 4 is 0 Å². The van der Waals surface area contributed by atoms with Gasteiger partial charge >= 0.3 is 0 Å². The summed E-state index contributed by atoms with van der Waals surface area (Å²) in [5.74, 6) is 2.04. The molecule has 21 heavy (non-hydrogen) atoms. The van der Waals surface area contributed by atoms with E-state index in [9.17, 15) is 0 Å². The first-order chi connectivity index (χ1) is 10.1. The summed E-state index contributed by atoms with van der Waals surface area (Å²) in [4.78, 5) is 2.50. The zero-order chi connectivity index (χ0) is 14.9. The number of hydrogen-bond donors (Lipinski definition) is 1. The Morgan fingerprint density at radius 3 is 2.62 bits per heavy atom. The number of rotatable bonds is 3. The van der Waals surface area contributed by atoms with Gasteiger partial charge in [-0.15, -0.1) is 0 Å². The summed E-state index contributed by atoms with van der Waals surface area (Å²) >= 11 is 0.